The van der Waals surface area contributed by atoms with E-state index in [0.29, 0.717) is 13.0 Å². The van der Waals surface area contributed by atoms with Gasteiger partial charge in [-0.1, -0.05) is 84.9 Å². The van der Waals surface area contributed by atoms with Crippen LogP contribution >= 0.6 is 0 Å². The summed E-state index contributed by atoms with van der Waals surface area (Å²) >= 11 is 0. The second-order valence-electron chi connectivity index (χ2n) is 8.50. The predicted molar refractivity (Wildman–Crippen MR) is 137 cm³/mol. The number of ether oxygens (including phenoxy) is 1. The van der Waals surface area contributed by atoms with Crippen LogP contribution in [-0.2, 0) is 22.5 Å². The number of allylic oxidation sites excluding steroid dienone is 2. The molecule has 1 aliphatic heterocycles. The van der Waals surface area contributed by atoms with Crippen molar-refractivity contribution in [2.75, 3.05) is 6.61 Å². The van der Waals surface area contributed by atoms with Gasteiger partial charge in [-0.05, 0) is 41.2 Å². The molecule has 0 bridgehead atoms. The molecule has 0 fully saturated rings. The van der Waals surface area contributed by atoms with Gasteiger partial charge in [-0.3, -0.25) is 10.1 Å². The zero-order chi connectivity index (χ0) is 24.6. The van der Waals surface area contributed by atoms with Crippen LogP contribution in [0.5, 0.6) is 0 Å². The highest BCUT2D eigenvalue weighted by molar-refractivity contribution is 5.83. The van der Waals surface area contributed by atoms with Crippen LogP contribution in [0.15, 0.2) is 109 Å². The molecule has 2 atom stereocenters. The van der Waals surface area contributed by atoms with E-state index < -0.39 is 11.9 Å². The SMILES string of the molecule is CCOC(=O)/C=C/[C@H](Cc1ccc2ccccc2c1)[C@H]1C=CN(Cc2ccccc2)C=C1[N+](=O)[O-]. The highest BCUT2D eigenvalue weighted by atomic mass is 16.6. The van der Waals surface area contributed by atoms with Gasteiger partial charge < -0.3 is 9.64 Å². The van der Waals surface area contributed by atoms with Crippen LogP contribution < -0.4 is 0 Å². The normalized spacial score (nSPS) is 16.3. The molecule has 0 saturated carbocycles. The Morgan fingerprint density at radius 1 is 1.06 bits per heavy atom. The molecule has 3 aromatic rings. The number of rotatable bonds is 9. The first-order valence-electron chi connectivity index (χ1n) is 11.7. The molecular weight excluding hydrogens is 440 g/mol. The fourth-order valence-corrected chi connectivity index (χ4v) is 4.37. The molecule has 0 N–H and O–H groups in total. The maximum absolute atomic E-state index is 12.1. The number of hydrogen-bond donors (Lipinski definition) is 0. The number of carbonyl (C=O) groups is 1. The molecule has 3 aromatic carbocycles. The minimum atomic E-state index is -0.492. The molecule has 0 spiro atoms. The average Bonchev–Trinajstić information content (AvgIpc) is 2.87. The van der Waals surface area contributed by atoms with Gasteiger partial charge in [0.25, 0.3) is 5.70 Å². The van der Waals surface area contributed by atoms with Crippen LogP contribution in [0.1, 0.15) is 18.1 Å². The number of nitro groups is 1. The van der Waals surface area contributed by atoms with Crippen LogP contribution in [0, 0.1) is 22.0 Å². The van der Waals surface area contributed by atoms with E-state index >= 15 is 0 Å². The monoisotopic (exact) mass is 468 g/mol. The first-order chi connectivity index (χ1) is 17.0. The largest absolute Gasteiger partial charge is 0.463 e. The van der Waals surface area contributed by atoms with E-state index in [1.165, 1.54) is 6.08 Å². The fraction of sp³-hybridized carbons (Fsp3) is 0.207. The third-order valence-electron chi connectivity index (χ3n) is 6.06. The summed E-state index contributed by atoms with van der Waals surface area (Å²) in [7, 11) is 0. The van der Waals surface area contributed by atoms with Crippen molar-refractivity contribution in [3.8, 4) is 0 Å². The summed E-state index contributed by atoms with van der Waals surface area (Å²) in [6.07, 6.45) is 9.02. The molecule has 35 heavy (non-hydrogen) atoms. The number of fused-ring (bicyclic) bond motifs is 1. The van der Waals surface area contributed by atoms with Crippen LogP contribution in [-0.4, -0.2) is 22.4 Å². The van der Waals surface area contributed by atoms with E-state index in [-0.39, 0.29) is 23.1 Å². The maximum atomic E-state index is 12.1. The molecule has 0 radical (unpaired) electrons. The lowest BCUT2D eigenvalue weighted by atomic mass is 9.83. The van der Waals surface area contributed by atoms with Crippen molar-refractivity contribution in [3.63, 3.8) is 0 Å². The number of esters is 1. The van der Waals surface area contributed by atoms with Crippen molar-refractivity contribution in [2.24, 2.45) is 11.8 Å². The van der Waals surface area contributed by atoms with Crippen molar-refractivity contribution in [1.29, 1.82) is 0 Å². The molecule has 4 rings (SSSR count). The van der Waals surface area contributed by atoms with E-state index in [9.17, 15) is 14.9 Å². The highest BCUT2D eigenvalue weighted by Gasteiger charge is 2.33. The van der Waals surface area contributed by atoms with Gasteiger partial charge in [0, 0.05) is 18.8 Å². The van der Waals surface area contributed by atoms with Gasteiger partial charge in [-0.2, -0.15) is 0 Å². The van der Waals surface area contributed by atoms with Crippen LogP contribution in [0.25, 0.3) is 10.8 Å². The zero-order valence-electron chi connectivity index (χ0n) is 19.6. The molecule has 0 aliphatic carbocycles. The lowest BCUT2D eigenvalue weighted by Gasteiger charge is -2.26. The summed E-state index contributed by atoms with van der Waals surface area (Å²) < 4.78 is 5.04. The van der Waals surface area contributed by atoms with Gasteiger partial charge in [-0.25, -0.2) is 4.79 Å². The summed E-state index contributed by atoms with van der Waals surface area (Å²) in [5.41, 5.74) is 2.21. The fourth-order valence-electron chi connectivity index (χ4n) is 4.37. The smallest absolute Gasteiger partial charge is 0.330 e. The standard InChI is InChI=1S/C29H28N2O4/c1-2-35-29(32)15-14-26(19-23-12-13-24-10-6-7-11-25(24)18-23)27-16-17-30(21-28(27)31(33)34)20-22-8-4-3-5-9-22/h3-18,21,26-27H,2,19-20H2,1H3/b15-14+/t26-,27-/m1/s1. The summed E-state index contributed by atoms with van der Waals surface area (Å²) in [6, 6.07) is 24.1. The Bertz CT molecular complexity index is 1280. The minimum Gasteiger partial charge on any atom is -0.463 e. The molecule has 0 saturated heterocycles. The lowest BCUT2D eigenvalue weighted by Crippen LogP contribution is -2.27. The van der Waals surface area contributed by atoms with Gasteiger partial charge in [-0.15, -0.1) is 0 Å². The van der Waals surface area contributed by atoms with Gasteiger partial charge in [0.2, 0.25) is 0 Å². The van der Waals surface area contributed by atoms with E-state index in [2.05, 4.69) is 18.2 Å². The second-order valence-corrected chi connectivity index (χ2v) is 8.50. The predicted octanol–water partition coefficient (Wildman–Crippen LogP) is 5.88. The molecule has 1 heterocycles. The maximum Gasteiger partial charge on any atom is 0.330 e. The van der Waals surface area contributed by atoms with Gasteiger partial charge in [0.1, 0.15) is 0 Å². The van der Waals surface area contributed by atoms with E-state index in [0.717, 1.165) is 21.9 Å². The van der Waals surface area contributed by atoms with Gasteiger partial charge in [0.15, 0.2) is 0 Å². The quantitative estimate of drug-likeness (QED) is 0.170. The highest BCUT2D eigenvalue weighted by Crippen LogP contribution is 2.32. The number of benzene rings is 3. The molecule has 6 nitrogen and oxygen atoms in total. The Morgan fingerprint density at radius 2 is 1.80 bits per heavy atom. The summed E-state index contributed by atoms with van der Waals surface area (Å²) in [4.78, 5) is 25.6. The molecule has 0 amide bonds. The van der Waals surface area contributed by atoms with E-state index in [1.54, 1.807) is 19.2 Å². The molecular formula is C29H28N2O4. The first-order valence-corrected chi connectivity index (χ1v) is 11.7. The van der Waals surface area contributed by atoms with Crippen molar-refractivity contribution < 1.29 is 14.5 Å². The Kier molecular flexibility index (Phi) is 7.73. The Hall–Kier alpha value is -4.19. The van der Waals surface area contributed by atoms with Crippen LogP contribution in [0.4, 0.5) is 0 Å². The minimum absolute atomic E-state index is 0.0997. The third kappa shape index (κ3) is 6.23. The topological polar surface area (TPSA) is 72.7 Å². The molecule has 178 valence electrons. The van der Waals surface area contributed by atoms with E-state index in [4.69, 9.17) is 4.74 Å². The van der Waals surface area contributed by atoms with Crippen LogP contribution in [0.3, 0.4) is 0 Å². The Morgan fingerprint density at radius 3 is 2.54 bits per heavy atom. The zero-order valence-corrected chi connectivity index (χ0v) is 19.6. The second kappa shape index (κ2) is 11.3. The molecule has 0 aromatic heterocycles. The summed E-state index contributed by atoms with van der Waals surface area (Å²) in [5.74, 6) is -1.24. The van der Waals surface area contributed by atoms with Crippen molar-refractivity contribution in [2.45, 2.75) is 19.9 Å². The molecule has 1 aliphatic rings. The van der Waals surface area contributed by atoms with Crippen molar-refractivity contribution in [3.05, 3.63) is 130 Å². The van der Waals surface area contributed by atoms with Crippen molar-refractivity contribution >= 4 is 16.7 Å². The summed E-state index contributed by atoms with van der Waals surface area (Å²) in [6.45, 7) is 2.56. The first kappa shape index (κ1) is 24.0. The Labute approximate surface area is 205 Å². The van der Waals surface area contributed by atoms with Gasteiger partial charge in [0.05, 0.1) is 23.6 Å². The Balaban J connectivity index is 1.62. The number of hydrogen-bond acceptors (Lipinski definition) is 5. The lowest BCUT2D eigenvalue weighted by molar-refractivity contribution is -0.434. The number of nitrogens with zero attached hydrogens (tertiary/aromatic N) is 2. The molecule has 6 heteroatoms. The van der Waals surface area contributed by atoms with Gasteiger partial charge >= 0.3 is 5.97 Å². The number of carbonyl (C=O) groups excluding carboxylic acids is 1. The van der Waals surface area contributed by atoms with Crippen molar-refractivity contribution in [1.82, 2.24) is 4.90 Å². The summed E-state index contributed by atoms with van der Waals surface area (Å²) in [5, 5.41) is 14.3. The molecule has 0 unspecified atom stereocenters. The third-order valence-corrected chi connectivity index (χ3v) is 6.06. The van der Waals surface area contributed by atoms with Crippen LogP contribution in [0.2, 0.25) is 0 Å². The van der Waals surface area contributed by atoms with E-state index in [1.807, 2.05) is 71.8 Å². The average molecular weight is 469 g/mol.